The molecule has 0 rings (SSSR count). The summed E-state index contributed by atoms with van der Waals surface area (Å²) in [6.45, 7) is 0. The van der Waals surface area contributed by atoms with Gasteiger partial charge in [-0.25, -0.2) is 0 Å². The fraction of sp³-hybridized carbons (Fsp3) is 0. The molecule has 0 amide bonds. The van der Waals surface area contributed by atoms with Crippen molar-refractivity contribution in [3.05, 3.63) is 0 Å². The first-order valence-electron chi connectivity index (χ1n) is 0. The summed E-state index contributed by atoms with van der Waals surface area (Å²) in [7, 11) is 0. The molecule has 5 N–H and O–H groups in total. The summed E-state index contributed by atoms with van der Waals surface area (Å²) in [6.07, 6.45) is 0. The van der Waals surface area contributed by atoms with Gasteiger partial charge in [-0.05, 0) is 0 Å². The van der Waals surface area contributed by atoms with Gasteiger partial charge in [-0.2, -0.15) is 0 Å². The van der Waals surface area contributed by atoms with E-state index in [-0.39, 0.29) is 72.0 Å². The summed E-state index contributed by atoms with van der Waals surface area (Å²) < 4.78 is 0. The summed E-state index contributed by atoms with van der Waals surface area (Å²) in [4.78, 5) is 0. The average molecular weight is 344 g/mol. The van der Waals surface area contributed by atoms with Crippen molar-refractivity contribution < 1.29 is 44.7 Å². The van der Waals surface area contributed by atoms with Crippen LogP contribution >= 0.6 is 0 Å². The summed E-state index contributed by atoms with van der Waals surface area (Å²) in [5.74, 6) is 0. The van der Waals surface area contributed by atoms with Gasteiger partial charge in [0, 0.05) is 0 Å². The van der Waals surface area contributed by atoms with Crippen molar-refractivity contribution in [3.63, 3.8) is 0 Å². The zero-order valence-electron chi connectivity index (χ0n) is 3.14. The molecule has 0 aromatic rings. The van der Waals surface area contributed by atoms with Gasteiger partial charge in [-0.3, -0.25) is 0 Å². The molecule has 0 atom stereocenters. The van der Waals surface area contributed by atoms with Crippen molar-refractivity contribution in [1.82, 2.24) is 0 Å². The zero-order valence-corrected chi connectivity index (χ0v) is 8.31. The second kappa shape index (κ2) is 180. The van der Waals surface area contributed by atoms with Crippen LogP contribution in [-0.4, -0.2) is 54.7 Å². The van der Waals surface area contributed by atoms with Crippen LogP contribution in [0, 0.1) is 0 Å². The smallest absolute Gasteiger partial charge is 0.870 e. The first kappa shape index (κ1) is 276. The van der Waals surface area contributed by atoms with Gasteiger partial charge in [0.1, 0.15) is 0 Å². The van der Waals surface area contributed by atoms with E-state index in [1.165, 1.54) is 0 Å². The van der Waals surface area contributed by atoms with Crippen molar-refractivity contribution in [3.8, 4) is 0 Å². The molecular weight excluding hydrogens is 339 g/mol. The van der Waals surface area contributed by atoms with E-state index in [1.54, 1.807) is 0 Å². The molecule has 45 valence electrons. The number of hydrogen-bond donors (Lipinski definition) is 0. The van der Waals surface area contributed by atoms with Gasteiger partial charge in [0.15, 0.2) is 0 Å². The Kier molecular flexibility index (Phi) is 7110. The topological polar surface area (TPSA) is 150 Å². The summed E-state index contributed by atoms with van der Waals surface area (Å²) in [6, 6.07) is 0. The Balaban J connectivity index is 0. The SMILES string of the molecule is [Cr+3].[OH-].[OH-].[OH-].[OH-].[OH-].[Pb+2]. The van der Waals surface area contributed by atoms with Gasteiger partial charge >= 0.3 is 44.7 Å². The van der Waals surface area contributed by atoms with Crippen molar-refractivity contribution in [1.29, 1.82) is 0 Å². The van der Waals surface area contributed by atoms with Crippen LogP contribution in [0.25, 0.3) is 0 Å². The van der Waals surface area contributed by atoms with E-state index in [9.17, 15) is 0 Å². The van der Waals surface area contributed by atoms with Crippen LogP contribution in [0.1, 0.15) is 0 Å². The molecule has 0 aliphatic carbocycles. The Labute approximate surface area is 71.9 Å². The molecule has 0 bridgehead atoms. The Morgan fingerprint density at radius 1 is 0.429 bits per heavy atom. The minimum atomic E-state index is 0. The van der Waals surface area contributed by atoms with Crippen LogP contribution in [0.2, 0.25) is 0 Å². The van der Waals surface area contributed by atoms with Crippen LogP contribution in [0.5, 0.6) is 0 Å². The third-order valence-electron chi connectivity index (χ3n) is 0. The van der Waals surface area contributed by atoms with Crippen LogP contribution in [0.3, 0.4) is 0 Å². The largest absolute Gasteiger partial charge is 3.00 e. The van der Waals surface area contributed by atoms with Crippen molar-refractivity contribution in [2.24, 2.45) is 0 Å². The maximum absolute atomic E-state index is 0. The minimum absolute atomic E-state index is 0. The predicted molar refractivity (Wildman–Crippen MR) is 15.4 cm³/mol. The van der Waals surface area contributed by atoms with Gasteiger partial charge in [-0.1, -0.05) is 0 Å². The molecule has 3 radical (unpaired) electrons. The molecule has 0 aliphatic rings. The van der Waals surface area contributed by atoms with Crippen LogP contribution in [-0.2, 0) is 17.4 Å². The molecule has 0 spiro atoms. The molecule has 0 aromatic heterocycles. The standard InChI is InChI=1S/Cr.5H2O.Pb/h;5*1H2;/q+3;;;;;;+2/p-5. The van der Waals surface area contributed by atoms with E-state index in [1.807, 2.05) is 0 Å². The fourth-order valence-electron chi connectivity index (χ4n) is 0. The van der Waals surface area contributed by atoms with E-state index in [0.29, 0.717) is 0 Å². The molecule has 7 heteroatoms. The minimum Gasteiger partial charge on any atom is -0.870 e. The second-order valence-electron chi connectivity index (χ2n) is 0. The normalized spacial score (nSPS) is 0. The molecule has 7 heavy (non-hydrogen) atoms. The van der Waals surface area contributed by atoms with Gasteiger partial charge in [0.2, 0.25) is 0 Å². The molecule has 0 unspecified atom stereocenters. The molecule has 0 heterocycles. The van der Waals surface area contributed by atoms with E-state index in [0.717, 1.165) is 0 Å². The van der Waals surface area contributed by atoms with Gasteiger partial charge < -0.3 is 27.4 Å². The molecule has 0 fully saturated rings. The Morgan fingerprint density at radius 3 is 0.429 bits per heavy atom. The van der Waals surface area contributed by atoms with E-state index >= 15 is 0 Å². The van der Waals surface area contributed by atoms with Crippen molar-refractivity contribution in [2.45, 2.75) is 0 Å². The number of rotatable bonds is 0. The Morgan fingerprint density at radius 2 is 0.429 bits per heavy atom. The molecule has 0 saturated carbocycles. The van der Waals surface area contributed by atoms with Crippen LogP contribution in [0.15, 0.2) is 0 Å². The monoisotopic (exact) mass is 345 g/mol. The Hall–Kier alpha value is 1.25. The summed E-state index contributed by atoms with van der Waals surface area (Å²) >= 11 is 0. The maximum atomic E-state index is 0. The van der Waals surface area contributed by atoms with E-state index < -0.39 is 0 Å². The van der Waals surface area contributed by atoms with Crippen molar-refractivity contribution in [2.75, 3.05) is 0 Å². The summed E-state index contributed by atoms with van der Waals surface area (Å²) in [5, 5.41) is 0. The molecular formula is H5CrO5Pb. The molecule has 0 aromatic carbocycles. The third kappa shape index (κ3) is 127. The van der Waals surface area contributed by atoms with Gasteiger partial charge in [0.05, 0.1) is 0 Å². The quantitative estimate of drug-likeness (QED) is 0.502. The number of hydrogen-bond acceptors (Lipinski definition) is 5. The maximum Gasteiger partial charge on any atom is 3.00 e. The van der Waals surface area contributed by atoms with Gasteiger partial charge in [0.25, 0.3) is 0 Å². The van der Waals surface area contributed by atoms with Crippen LogP contribution in [0.4, 0.5) is 0 Å². The molecule has 0 aliphatic heterocycles. The van der Waals surface area contributed by atoms with Gasteiger partial charge in [-0.15, -0.1) is 0 Å². The van der Waals surface area contributed by atoms with E-state index in [4.69, 9.17) is 0 Å². The zero-order chi connectivity index (χ0) is 0. The fourth-order valence-corrected chi connectivity index (χ4v) is 0. The molecule has 0 saturated heterocycles. The van der Waals surface area contributed by atoms with Crippen LogP contribution < -0.4 is 0 Å². The van der Waals surface area contributed by atoms with Crippen molar-refractivity contribution >= 4 is 27.3 Å². The first-order chi connectivity index (χ1) is 0. The second-order valence-corrected chi connectivity index (χ2v) is 0. The summed E-state index contributed by atoms with van der Waals surface area (Å²) in [5.41, 5.74) is 0. The molecule has 5 nitrogen and oxygen atoms in total. The predicted octanol–water partition coefficient (Wildman–Crippen LogP) is -1.27. The third-order valence-corrected chi connectivity index (χ3v) is 0. The Bertz CT molecular complexity index is 8.04. The van der Waals surface area contributed by atoms with E-state index in [2.05, 4.69) is 0 Å². The first-order valence-corrected chi connectivity index (χ1v) is 0. The average Bonchev–Trinajstić information content (AvgIpc) is 0.